The zero-order valence-corrected chi connectivity index (χ0v) is 10.1. The van der Waals surface area contributed by atoms with Crippen LogP contribution >= 0.6 is 12.2 Å². The van der Waals surface area contributed by atoms with Crippen molar-refractivity contribution in [3.05, 3.63) is 29.8 Å². The summed E-state index contributed by atoms with van der Waals surface area (Å²) < 4.78 is 0. The molecule has 0 aliphatic carbocycles. The quantitative estimate of drug-likeness (QED) is 0.308. The van der Waals surface area contributed by atoms with Crippen molar-refractivity contribution in [2.24, 2.45) is 10.9 Å². The van der Waals surface area contributed by atoms with Crippen LogP contribution in [-0.2, 0) is 0 Å². The van der Waals surface area contributed by atoms with Crippen molar-refractivity contribution < 1.29 is 0 Å². The van der Waals surface area contributed by atoms with E-state index in [1.807, 2.05) is 43.3 Å². The van der Waals surface area contributed by atoms with Gasteiger partial charge in [-0.25, -0.2) is 5.84 Å². The van der Waals surface area contributed by atoms with E-state index in [9.17, 15) is 0 Å². The number of nitrogens with zero attached hydrogens (tertiary/aromatic N) is 2. The van der Waals surface area contributed by atoms with Gasteiger partial charge in [0.15, 0.2) is 0 Å². The molecule has 0 fully saturated rings. The first-order valence-corrected chi connectivity index (χ1v) is 5.11. The fraction of sp³-hybridized carbons (Fsp3) is 0.200. The van der Waals surface area contributed by atoms with E-state index in [0.29, 0.717) is 0 Å². The predicted octanol–water partition coefficient (Wildman–Crippen LogP) is 0.424. The van der Waals surface area contributed by atoms with Gasteiger partial charge in [0, 0.05) is 19.8 Å². The van der Waals surface area contributed by atoms with Crippen LogP contribution in [0.2, 0.25) is 0 Å². The largest absolute Gasteiger partial charge is 0.378 e. The number of anilines is 1. The molecule has 0 saturated carbocycles. The van der Waals surface area contributed by atoms with Crippen LogP contribution in [0.15, 0.2) is 29.4 Å². The molecule has 1 rings (SSSR count). The van der Waals surface area contributed by atoms with Crippen molar-refractivity contribution in [3.63, 3.8) is 0 Å². The number of rotatable bonds is 3. The Balaban J connectivity index is 2.58. The van der Waals surface area contributed by atoms with Crippen LogP contribution in [0, 0.1) is 0 Å². The first-order chi connectivity index (χ1) is 7.63. The molecule has 0 bridgehead atoms. The summed E-state index contributed by atoms with van der Waals surface area (Å²) in [6, 6.07) is 7.97. The van der Waals surface area contributed by atoms with Gasteiger partial charge >= 0.3 is 0 Å². The van der Waals surface area contributed by atoms with Gasteiger partial charge in [0.05, 0.1) is 6.21 Å². The third-order valence-electron chi connectivity index (χ3n) is 1.92. The van der Waals surface area contributed by atoms with E-state index >= 15 is 0 Å². The van der Waals surface area contributed by atoms with Crippen molar-refractivity contribution >= 4 is 29.2 Å². The monoisotopic (exact) mass is 237 g/mol. The predicted molar refractivity (Wildman–Crippen MR) is 71.4 cm³/mol. The van der Waals surface area contributed by atoms with Crippen molar-refractivity contribution in [2.45, 2.75) is 0 Å². The first kappa shape index (κ1) is 12.4. The molecular weight excluding hydrogens is 222 g/mol. The topological polar surface area (TPSA) is 65.7 Å². The molecule has 86 valence electrons. The maximum atomic E-state index is 5.07. The summed E-state index contributed by atoms with van der Waals surface area (Å²) in [4.78, 5) is 2.03. The van der Waals surface area contributed by atoms with Crippen LogP contribution in [0.4, 0.5) is 5.69 Å². The highest BCUT2D eigenvalue weighted by molar-refractivity contribution is 7.80. The molecule has 0 aromatic heterocycles. The molecule has 0 amide bonds. The van der Waals surface area contributed by atoms with E-state index in [0.717, 1.165) is 11.3 Å². The minimum Gasteiger partial charge on any atom is -0.378 e. The summed E-state index contributed by atoms with van der Waals surface area (Å²) in [6.07, 6.45) is 1.67. The Bertz CT molecular complexity index is 371. The first-order valence-electron chi connectivity index (χ1n) is 4.70. The summed E-state index contributed by atoms with van der Waals surface area (Å²) in [6.45, 7) is 0. The highest BCUT2D eigenvalue weighted by atomic mass is 32.1. The number of hydrazine groups is 1. The standard InChI is InChI=1S/C10H15N5S/c1-15(2)9-5-3-8(4-6-9)7-12-14-10(16)13-11/h3-7H,11H2,1-2H3,(H2,13,14,16). The van der Waals surface area contributed by atoms with Crippen LogP contribution in [-0.4, -0.2) is 25.4 Å². The molecule has 1 aromatic rings. The van der Waals surface area contributed by atoms with E-state index in [-0.39, 0.29) is 5.11 Å². The second-order valence-electron chi connectivity index (χ2n) is 3.33. The van der Waals surface area contributed by atoms with Crippen molar-refractivity contribution in [2.75, 3.05) is 19.0 Å². The van der Waals surface area contributed by atoms with Gasteiger partial charge in [-0.1, -0.05) is 12.1 Å². The van der Waals surface area contributed by atoms with Gasteiger partial charge in [0.2, 0.25) is 5.11 Å². The second kappa shape index (κ2) is 6.04. The van der Waals surface area contributed by atoms with Gasteiger partial charge in [-0.05, 0) is 29.9 Å². The Hall–Kier alpha value is -1.66. The van der Waals surface area contributed by atoms with Crippen LogP contribution in [0.1, 0.15) is 5.56 Å². The van der Waals surface area contributed by atoms with Crippen molar-refractivity contribution in [1.82, 2.24) is 10.9 Å². The van der Waals surface area contributed by atoms with Crippen molar-refractivity contribution in [3.8, 4) is 0 Å². The summed E-state index contributed by atoms with van der Waals surface area (Å²) in [5, 5.41) is 4.19. The lowest BCUT2D eigenvalue weighted by molar-refractivity contribution is 0.930. The van der Waals surface area contributed by atoms with Crippen molar-refractivity contribution in [1.29, 1.82) is 0 Å². The van der Waals surface area contributed by atoms with E-state index < -0.39 is 0 Å². The summed E-state index contributed by atoms with van der Waals surface area (Å²) in [5.74, 6) is 5.07. The Morgan fingerprint density at radius 3 is 2.50 bits per heavy atom. The highest BCUT2D eigenvalue weighted by Gasteiger charge is 1.93. The average molecular weight is 237 g/mol. The third kappa shape index (κ3) is 3.84. The molecule has 0 aliphatic rings. The number of thiocarbonyl (C=S) groups is 1. The average Bonchev–Trinajstić information content (AvgIpc) is 2.29. The summed E-state index contributed by atoms with van der Waals surface area (Å²) in [7, 11) is 3.99. The smallest absolute Gasteiger partial charge is 0.201 e. The molecule has 16 heavy (non-hydrogen) atoms. The molecule has 4 N–H and O–H groups in total. The Morgan fingerprint density at radius 2 is 2.00 bits per heavy atom. The molecule has 0 saturated heterocycles. The molecule has 5 nitrogen and oxygen atoms in total. The minimum absolute atomic E-state index is 0.279. The van der Waals surface area contributed by atoms with Gasteiger partial charge in [0.25, 0.3) is 0 Å². The van der Waals surface area contributed by atoms with Gasteiger partial charge in [0.1, 0.15) is 0 Å². The molecule has 0 heterocycles. The molecule has 0 atom stereocenters. The zero-order valence-electron chi connectivity index (χ0n) is 9.27. The molecule has 0 radical (unpaired) electrons. The van der Waals surface area contributed by atoms with Gasteiger partial charge in [-0.2, -0.15) is 5.10 Å². The van der Waals surface area contributed by atoms with Crippen LogP contribution in [0.5, 0.6) is 0 Å². The SMILES string of the molecule is CN(C)c1ccc(C=NNC(=S)NN)cc1. The fourth-order valence-corrected chi connectivity index (χ4v) is 1.11. The Kier molecular flexibility index (Phi) is 4.68. The number of nitrogens with one attached hydrogen (secondary N) is 2. The normalized spacial score (nSPS) is 10.2. The number of hydrogen-bond donors (Lipinski definition) is 3. The fourth-order valence-electron chi connectivity index (χ4n) is 1.06. The summed E-state index contributed by atoms with van der Waals surface area (Å²) >= 11 is 4.76. The van der Waals surface area contributed by atoms with Crippen LogP contribution in [0.25, 0.3) is 0 Å². The van der Waals surface area contributed by atoms with Gasteiger partial charge in [-0.3, -0.25) is 10.9 Å². The molecule has 0 aliphatic heterocycles. The Morgan fingerprint density at radius 1 is 1.38 bits per heavy atom. The molecular formula is C10H15N5S. The number of hydrogen-bond acceptors (Lipinski definition) is 4. The van der Waals surface area contributed by atoms with Crippen LogP contribution < -0.4 is 21.6 Å². The molecule has 0 unspecified atom stereocenters. The number of hydrazone groups is 1. The Labute approximate surface area is 100 Å². The van der Waals surface area contributed by atoms with Gasteiger partial charge < -0.3 is 4.90 Å². The summed E-state index contributed by atoms with van der Waals surface area (Å²) in [5.41, 5.74) is 6.97. The minimum atomic E-state index is 0.279. The molecule has 6 heteroatoms. The number of benzene rings is 1. The highest BCUT2D eigenvalue weighted by Crippen LogP contribution is 2.10. The van der Waals surface area contributed by atoms with E-state index in [2.05, 4.69) is 16.0 Å². The molecule has 0 spiro atoms. The lowest BCUT2D eigenvalue weighted by Crippen LogP contribution is -2.37. The molecule has 1 aromatic carbocycles. The van der Waals surface area contributed by atoms with E-state index in [1.54, 1.807) is 6.21 Å². The lowest BCUT2D eigenvalue weighted by atomic mass is 10.2. The lowest BCUT2D eigenvalue weighted by Gasteiger charge is -2.11. The maximum absolute atomic E-state index is 5.07. The van der Waals surface area contributed by atoms with Crippen LogP contribution in [0.3, 0.4) is 0 Å². The maximum Gasteiger partial charge on any atom is 0.201 e. The van der Waals surface area contributed by atoms with E-state index in [4.69, 9.17) is 18.1 Å². The second-order valence-corrected chi connectivity index (χ2v) is 3.74. The van der Waals surface area contributed by atoms with Gasteiger partial charge in [-0.15, -0.1) is 0 Å². The zero-order chi connectivity index (χ0) is 12.0. The van der Waals surface area contributed by atoms with E-state index in [1.165, 1.54) is 0 Å². The third-order valence-corrected chi connectivity index (χ3v) is 2.13. The number of nitrogens with two attached hydrogens (primary N) is 1.